The van der Waals surface area contributed by atoms with Crippen LogP contribution in [0.25, 0.3) is 16.3 Å². The van der Waals surface area contributed by atoms with Gasteiger partial charge in [-0.3, -0.25) is 4.79 Å². The summed E-state index contributed by atoms with van der Waals surface area (Å²) in [6.07, 6.45) is 3.11. The Kier molecular flexibility index (Phi) is 5.21. The number of methoxy groups -OCH3 is 2. The zero-order valence-corrected chi connectivity index (χ0v) is 15.1. The normalized spacial score (nSPS) is 11.0. The number of fused-ring (bicyclic) bond motifs is 1. The molecule has 1 amide bonds. The van der Waals surface area contributed by atoms with Crippen LogP contribution in [0.2, 0.25) is 5.02 Å². The molecule has 5 nitrogen and oxygen atoms in total. The largest absolute Gasteiger partial charge is 0.495 e. The van der Waals surface area contributed by atoms with E-state index >= 15 is 0 Å². The number of anilines is 1. The number of benzene rings is 2. The summed E-state index contributed by atoms with van der Waals surface area (Å²) in [6.45, 7) is 0. The molecule has 0 unspecified atom stereocenters. The van der Waals surface area contributed by atoms with Gasteiger partial charge in [0, 0.05) is 18.2 Å². The summed E-state index contributed by atoms with van der Waals surface area (Å²) in [5.74, 6) is 0.599. The maximum Gasteiger partial charge on any atom is 0.248 e. The van der Waals surface area contributed by atoms with E-state index in [1.807, 2.05) is 24.3 Å². The average Bonchev–Trinajstić information content (AvgIpc) is 3.04. The minimum Gasteiger partial charge on any atom is -0.495 e. The second kappa shape index (κ2) is 7.55. The molecule has 0 saturated heterocycles. The number of nitrogens with zero attached hydrogens (tertiary/aromatic N) is 1. The smallest absolute Gasteiger partial charge is 0.248 e. The van der Waals surface area contributed by atoms with E-state index in [-0.39, 0.29) is 5.91 Å². The highest BCUT2D eigenvalue weighted by Crippen LogP contribution is 2.35. The lowest BCUT2D eigenvalue weighted by Gasteiger charge is -2.12. The van der Waals surface area contributed by atoms with Crippen molar-refractivity contribution in [1.82, 2.24) is 4.98 Å². The van der Waals surface area contributed by atoms with Crippen LogP contribution in [-0.2, 0) is 4.79 Å². The molecule has 0 fully saturated rings. The van der Waals surface area contributed by atoms with Crippen molar-refractivity contribution in [3.05, 3.63) is 52.5 Å². The Balaban J connectivity index is 1.78. The molecule has 0 atom stereocenters. The second-order valence-corrected chi connectivity index (χ2v) is 6.50. The quantitative estimate of drug-likeness (QED) is 0.662. The van der Waals surface area contributed by atoms with Gasteiger partial charge in [0.15, 0.2) is 0 Å². The third-order valence-electron chi connectivity index (χ3n) is 3.42. The summed E-state index contributed by atoms with van der Waals surface area (Å²) in [4.78, 5) is 16.7. The molecular weight excluding hydrogens is 360 g/mol. The van der Waals surface area contributed by atoms with E-state index in [1.54, 1.807) is 18.2 Å². The SMILES string of the molecule is COc1cc(NC(=O)/C=C/c2nc3ccccc3s2)c(OC)cc1Cl. The van der Waals surface area contributed by atoms with Crippen molar-refractivity contribution in [2.24, 2.45) is 0 Å². The highest BCUT2D eigenvalue weighted by molar-refractivity contribution is 7.19. The van der Waals surface area contributed by atoms with Crippen LogP contribution >= 0.6 is 22.9 Å². The Hall–Kier alpha value is -2.57. The zero-order chi connectivity index (χ0) is 17.8. The number of aromatic nitrogens is 1. The fourth-order valence-corrected chi connectivity index (χ4v) is 3.34. The number of nitrogens with one attached hydrogen (secondary N) is 1. The first-order chi connectivity index (χ1) is 12.1. The molecule has 25 heavy (non-hydrogen) atoms. The highest BCUT2D eigenvalue weighted by Gasteiger charge is 2.11. The average molecular weight is 375 g/mol. The van der Waals surface area contributed by atoms with E-state index in [0.717, 1.165) is 15.2 Å². The number of amides is 1. The standard InChI is InChI=1S/C18H15ClN2O3S/c1-23-14-10-13(15(24-2)9-11(14)19)20-17(22)7-8-18-21-12-5-3-4-6-16(12)25-18/h3-10H,1-2H3,(H,20,22)/b8-7+. The molecule has 3 aromatic rings. The van der Waals surface area contributed by atoms with Gasteiger partial charge in [-0.25, -0.2) is 4.98 Å². The number of halogens is 1. The fourth-order valence-electron chi connectivity index (χ4n) is 2.24. The van der Waals surface area contributed by atoms with Crippen molar-refractivity contribution < 1.29 is 14.3 Å². The van der Waals surface area contributed by atoms with Gasteiger partial charge in [-0.05, 0) is 18.2 Å². The first kappa shape index (κ1) is 17.3. The molecule has 0 radical (unpaired) electrons. The van der Waals surface area contributed by atoms with E-state index < -0.39 is 0 Å². The van der Waals surface area contributed by atoms with Crippen molar-refractivity contribution in [2.75, 3.05) is 19.5 Å². The predicted octanol–water partition coefficient (Wildman–Crippen LogP) is 4.62. The molecule has 0 aliphatic rings. The Morgan fingerprint density at radius 3 is 2.68 bits per heavy atom. The maximum absolute atomic E-state index is 12.2. The molecule has 0 aliphatic heterocycles. The zero-order valence-electron chi connectivity index (χ0n) is 13.6. The van der Waals surface area contributed by atoms with Crippen LogP contribution < -0.4 is 14.8 Å². The van der Waals surface area contributed by atoms with Gasteiger partial charge in [0.2, 0.25) is 5.91 Å². The van der Waals surface area contributed by atoms with Crippen LogP contribution in [0, 0.1) is 0 Å². The van der Waals surface area contributed by atoms with Gasteiger partial charge in [0.1, 0.15) is 16.5 Å². The minimum absolute atomic E-state index is 0.304. The number of hydrogen-bond acceptors (Lipinski definition) is 5. The van der Waals surface area contributed by atoms with Crippen molar-refractivity contribution in [2.45, 2.75) is 0 Å². The third-order valence-corrected chi connectivity index (χ3v) is 4.72. The molecule has 0 bridgehead atoms. The lowest BCUT2D eigenvalue weighted by atomic mass is 10.2. The number of rotatable bonds is 5. The molecule has 2 aromatic carbocycles. The monoisotopic (exact) mass is 374 g/mol. The summed E-state index contributed by atoms with van der Waals surface area (Å²) in [5, 5.41) is 3.92. The Morgan fingerprint density at radius 1 is 1.20 bits per heavy atom. The summed E-state index contributed by atoms with van der Waals surface area (Å²) < 4.78 is 11.5. The van der Waals surface area contributed by atoms with Gasteiger partial charge in [0.05, 0.1) is 35.1 Å². The summed E-state index contributed by atoms with van der Waals surface area (Å²) >= 11 is 7.58. The van der Waals surface area contributed by atoms with Gasteiger partial charge in [-0.15, -0.1) is 11.3 Å². The van der Waals surface area contributed by atoms with Crippen molar-refractivity contribution in [1.29, 1.82) is 0 Å². The molecule has 7 heteroatoms. The predicted molar refractivity (Wildman–Crippen MR) is 102 cm³/mol. The lowest BCUT2D eigenvalue weighted by molar-refractivity contribution is -0.111. The molecule has 0 spiro atoms. The number of carbonyl (C=O) groups is 1. The number of para-hydroxylation sites is 1. The van der Waals surface area contributed by atoms with Crippen molar-refractivity contribution in [3.8, 4) is 11.5 Å². The van der Waals surface area contributed by atoms with Gasteiger partial charge in [-0.1, -0.05) is 23.7 Å². The summed E-state index contributed by atoms with van der Waals surface area (Å²) in [6, 6.07) is 11.0. The Bertz CT molecular complexity index is 920. The molecule has 1 N–H and O–H groups in total. The lowest BCUT2D eigenvalue weighted by Crippen LogP contribution is -2.09. The second-order valence-electron chi connectivity index (χ2n) is 5.03. The number of thiazole rings is 1. The van der Waals surface area contributed by atoms with Crippen LogP contribution in [0.1, 0.15) is 5.01 Å². The third kappa shape index (κ3) is 3.92. The topological polar surface area (TPSA) is 60.5 Å². The summed E-state index contributed by atoms with van der Waals surface area (Å²) in [7, 11) is 3.01. The van der Waals surface area contributed by atoms with Gasteiger partial charge in [0.25, 0.3) is 0 Å². The summed E-state index contributed by atoms with van der Waals surface area (Å²) in [5.41, 5.74) is 1.39. The number of carbonyl (C=O) groups excluding carboxylic acids is 1. The van der Waals surface area contributed by atoms with E-state index in [9.17, 15) is 4.79 Å². The van der Waals surface area contributed by atoms with E-state index in [1.165, 1.54) is 31.6 Å². The van der Waals surface area contributed by atoms with E-state index in [0.29, 0.717) is 22.2 Å². The Labute approximate surface area is 153 Å². The van der Waals surface area contributed by atoms with E-state index in [4.69, 9.17) is 21.1 Å². The number of ether oxygens (including phenoxy) is 2. The highest BCUT2D eigenvalue weighted by atomic mass is 35.5. The minimum atomic E-state index is -0.304. The van der Waals surface area contributed by atoms with Crippen LogP contribution in [0.5, 0.6) is 11.5 Å². The van der Waals surface area contributed by atoms with Crippen LogP contribution in [0.4, 0.5) is 5.69 Å². The number of hydrogen-bond donors (Lipinski definition) is 1. The van der Waals surface area contributed by atoms with Crippen molar-refractivity contribution in [3.63, 3.8) is 0 Å². The van der Waals surface area contributed by atoms with Crippen LogP contribution in [-0.4, -0.2) is 25.1 Å². The Morgan fingerprint density at radius 2 is 1.96 bits per heavy atom. The van der Waals surface area contributed by atoms with Gasteiger partial charge >= 0.3 is 0 Å². The molecule has 3 rings (SSSR count). The molecule has 0 aliphatic carbocycles. The molecule has 1 aromatic heterocycles. The van der Waals surface area contributed by atoms with Crippen LogP contribution in [0.15, 0.2) is 42.5 Å². The molecule has 1 heterocycles. The maximum atomic E-state index is 12.2. The fraction of sp³-hybridized carbons (Fsp3) is 0.111. The van der Waals surface area contributed by atoms with Gasteiger partial charge < -0.3 is 14.8 Å². The van der Waals surface area contributed by atoms with Crippen LogP contribution in [0.3, 0.4) is 0 Å². The first-order valence-electron chi connectivity index (χ1n) is 7.37. The van der Waals surface area contributed by atoms with E-state index in [2.05, 4.69) is 10.3 Å². The molecule has 0 saturated carbocycles. The first-order valence-corrected chi connectivity index (χ1v) is 8.56. The van der Waals surface area contributed by atoms with Crippen molar-refractivity contribution >= 4 is 50.8 Å². The molecule has 128 valence electrons. The molecular formula is C18H15ClN2O3S. The van der Waals surface area contributed by atoms with Gasteiger partial charge in [-0.2, -0.15) is 0 Å².